The SMILES string of the molecule is CC(C)Cc1nc(CN2CCn3nc([C@@H](O)c4ccnn4C)cc3C2)no1. The van der Waals surface area contributed by atoms with Gasteiger partial charge in [-0.15, -0.1) is 0 Å². The minimum atomic E-state index is -0.778. The molecule has 0 spiro atoms. The summed E-state index contributed by atoms with van der Waals surface area (Å²) >= 11 is 0. The van der Waals surface area contributed by atoms with Gasteiger partial charge in [0.15, 0.2) is 5.82 Å². The molecule has 0 radical (unpaired) electrons. The maximum atomic E-state index is 10.6. The predicted octanol–water partition coefficient (Wildman–Crippen LogP) is 1.30. The van der Waals surface area contributed by atoms with Crippen molar-refractivity contribution in [2.75, 3.05) is 6.54 Å². The summed E-state index contributed by atoms with van der Waals surface area (Å²) in [6.07, 6.45) is 1.70. The number of aryl methyl sites for hydroxylation is 1. The van der Waals surface area contributed by atoms with Crippen molar-refractivity contribution in [2.45, 2.75) is 46.0 Å². The maximum absolute atomic E-state index is 10.6. The number of rotatable bonds is 6. The second-order valence-electron chi connectivity index (χ2n) is 7.48. The summed E-state index contributed by atoms with van der Waals surface area (Å²) < 4.78 is 8.96. The minimum Gasteiger partial charge on any atom is -0.380 e. The quantitative estimate of drug-likeness (QED) is 0.697. The zero-order valence-corrected chi connectivity index (χ0v) is 15.9. The van der Waals surface area contributed by atoms with Crippen LogP contribution in [0.2, 0.25) is 0 Å². The molecule has 9 heteroatoms. The van der Waals surface area contributed by atoms with Crippen LogP contribution >= 0.6 is 0 Å². The summed E-state index contributed by atoms with van der Waals surface area (Å²) in [5.74, 6) is 1.91. The lowest BCUT2D eigenvalue weighted by Gasteiger charge is -2.26. The average molecular weight is 371 g/mol. The summed E-state index contributed by atoms with van der Waals surface area (Å²) in [5.41, 5.74) is 2.45. The first-order chi connectivity index (χ1) is 13.0. The van der Waals surface area contributed by atoms with Gasteiger partial charge in [-0.1, -0.05) is 19.0 Å². The first-order valence-electron chi connectivity index (χ1n) is 9.26. The van der Waals surface area contributed by atoms with Crippen molar-refractivity contribution in [1.29, 1.82) is 0 Å². The zero-order chi connectivity index (χ0) is 19.0. The second-order valence-corrected chi connectivity index (χ2v) is 7.48. The van der Waals surface area contributed by atoms with Crippen LogP contribution in [0.3, 0.4) is 0 Å². The lowest BCUT2D eigenvalue weighted by molar-refractivity contribution is 0.192. The molecule has 1 N–H and O–H groups in total. The van der Waals surface area contributed by atoms with Crippen molar-refractivity contribution >= 4 is 0 Å². The highest BCUT2D eigenvalue weighted by Crippen LogP contribution is 2.23. The number of hydrogen-bond donors (Lipinski definition) is 1. The zero-order valence-electron chi connectivity index (χ0n) is 15.9. The Bertz CT molecular complexity index is 911. The highest BCUT2D eigenvalue weighted by atomic mass is 16.5. The van der Waals surface area contributed by atoms with Crippen LogP contribution in [0.5, 0.6) is 0 Å². The van der Waals surface area contributed by atoms with Crippen LogP contribution in [-0.4, -0.2) is 46.3 Å². The molecular formula is C18H25N7O2. The summed E-state index contributed by atoms with van der Waals surface area (Å²) in [7, 11) is 1.81. The molecular weight excluding hydrogens is 346 g/mol. The average Bonchev–Trinajstić information content (AvgIpc) is 3.33. The molecule has 0 saturated carbocycles. The van der Waals surface area contributed by atoms with Gasteiger partial charge in [-0.3, -0.25) is 14.3 Å². The molecule has 4 rings (SSSR count). The highest BCUT2D eigenvalue weighted by Gasteiger charge is 2.24. The van der Waals surface area contributed by atoms with Crippen LogP contribution in [0.4, 0.5) is 0 Å². The third-order valence-electron chi connectivity index (χ3n) is 4.77. The molecule has 0 amide bonds. The van der Waals surface area contributed by atoms with Gasteiger partial charge in [0.05, 0.1) is 30.2 Å². The van der Waals surface area contributed by atoms with Crippen molar-refractivity contribution in [3.05, 3.63) is 47.1 Å². The van der Waals surface area contributed by atoms with Gasteiger partial charge in [0.2, 0.25) is 5.89 Å². The first-order valence-corrected chi connectivity index (χ1v) is 9.26. The van der Waals surface area contributed by atoms with Gasteiger partial charge in [-0.2, -0.15) is 15.2 Å². The fraction of sp³-hybridized carbons (Fsp3) is 0.556. The predicted molar refractivity (Wildman–Crippen MR) is 96.5 cm³/mol. The molecule has 144 valence electrons. The Balaban J connectivity index is 1.43. The molecule has 4 heterocycles. The number of aliphatic hydroxyl groups is 1. The standard InChI is InChI=1S/C18H25N7O2/c1-12(2)8-17-20-16(22-27-17)11-24-6-7-25-13(10-24)9-14(21-25)18(26)15-4-5-19-23(15)3/h4-5,9,12,18,26H,6-8,10-11H2,1-3H3/t18-/m1/s1. The van der Waals surface area contributed by atoms with Gasteiger partial charge in [-0.25, -0.2) is 0 Å². The van der Waals surface area contributed by atoms with E-state index in [2.05, 4.69) is 39.1 Å². The Morgan fingerprint density at radius 3 is 2.89 bits per heavy atom. The van der Waals surface area contributed by atoms with Gasteiger partial charge in [0.1, 0.15) is 6.10 Å². The van der Waals surface area contributed by atoms with Crippen LogP contribution in [0.25, 0.3) is 0 Å². The van der Waals surface area contributed by atoms with Gasteiger partial charge in [0.25, 0.3) is 0 Å². The number of nitrogens with zero attached hydrogens (tertiary/aromatic N) is 7. The third-order valence-corrected chi connectivity index (χ3v) is 4.77. The van der Waals surface area contributed by atoms with E-state index >= 15 is 0 Å². The molecule has 1 atom stereocenters. The Morgan fingerprint density at radius 1 is 1.30 bits per heavy atom. The number of hydrogen-bond acceptors (Lipinski definition) is 7. The maximum Gasteiger partial charge on any atom is 0.226 e. The first kappa shape index (κ1) is 17.9. The summed E-state index contributed by atoms with van der Waals surface area (Å²) in [4.78, 5) is 6.75. The van der Waals surface area contributed by atoms with E-state index < -0.39 is 6.10 Å². The fourth-order valence-corrected chi connectivity index (χ4v) is 3.40. The molecule has 27 heavy (non-hydrogen) atoms. The largest absolute Gasteiger partial charge is 0.380 e. The molecule has 9 nitrogen and oxygen atoms in total. The van der Waals surface area contributed by atoms with Crippen molar-refractivity contribution in [3.8, 4) is 0 Å². The smallest absolute Gasteiger partial charge is 0.226 e. The molecule has 1 aliphatic rings. The van der Waals surface area contributed by atoms with E-state index in [1.165, 1.54) is 0 Å². The Labute approximate surface area is 157 Å². The molecule has 3 aromatic heterocycles. The molecule has 1 aliphatic heterocycles. The minimum absolute atomic E-state index is 0.493. The monoisotopic (exact) mass is 371 g/mol. The lowest BCUT2D eigenvalue weighted by atomic mass is 10.1. The number of aliphatic hydroxyl groups excluding tert-OH is 1. The van der Waals surface area contributed by atoms with Gasteiger partial charge < -0.3 is 9.63 Å². The van der Waals surface area contributed by atoms with E-state index in [1.807, 2.05) is 17.8 Å². The fourth-order valence-electron chi connectivity index (χ4n) is 3.40. The van der Waals surface area contributed by atoms with E-state index in [1.54, 1.807) is 16.9 Å². The van der Waals surface area contributed by atoms with Gasteiger partial charge >= 0.3 is 0 Å². The number of aromatic nitrogens is 6. The van der Waals surface area contributed by atoms with Crippen LogP contribution < -0.4 is 0 Å². The van der Waals surface area contributed by atoms with E-state index in [-0.39, 0.29) is 0 Å². The Morgan fingerprint density at radius 2 is 2.15 bits per heavy atom. The van der Waals surface area contributed by atoms with Gasteiger partial charge in [0, 0.05) is 32.8 Å². The lowest BCUT2D eigenvalue weighted by Crippen LogP contribution is -2.33. The second kappa shape index (κ2) is 7.24. The molecule has 0 fully saturated rings. The van der Waals surface area contributed by atoms with Crippen molar-refractivity contribution < 1.29 is 9.63 Å². The third kappa shape index (κ3) is 3.79. The molecule has 0 unspecified atom stereocenters. The van der Waals surface area contributed by atoms with E-state index in [0.717, 1.165) is 37.4 Å². The van der Waals surface area contributed by atoms with Crippen molar-refractivity contribution in [1.82, 2.24) is 34.6 Å². The van der Waals surface area contributed by atoms with Crippen LogP contribution in [0.15, 0.2) is 22.9 Å². The summed E-state index contributed by atoms with van der Waals surface area (Å²) in [6, 6.07) is 3.77. The van der Waals surface area contributed by atoms with E-state index in [9.17, 15) is 5.11 Å². The van der Waals surface area contributed by atoms with Crippen LogP contribution in [0.1, 0.15) is 48.7 Å². The van der Waals surface area contributed by atoms with E-state index in [0.29, 0.717) is 29.9 Å². The molecule has 3 aromatic rings. The molecule has 0 aromatic carbocycles. The molecule has 0 saturated heterocycles. The Hall–Kier alpha value is -2.52. The molecule has 0 bridgehead atoms. The normalized spacial score (nSPS) is 16.0. The van der Waals surface area contributed by atoms with Crippen LogP contribution in [0, 0.1) is 5.92 Å². The van der Waals surface area contributed by atoms with Crippen molar-refractivity contribution in [2.24, 2.45) is 13.0 Å². The van der Waals surface area contributed by atoms with Crippen molar-refractivity contribution in [3.63, 3.8) is 0 Å². The number of fused-ring (bicyclic) bond motifs is 1. The molecule has 0 aliphatic carbocycles. The van der Waals surface area contributed by atoms with Gasteiger partial charge in [-0.05, 0) is 18.1 Å². The Kier molecular flexibility index (Phi) is 4.79. The highest BCUT2D eigenvalue weighted by molar-refractivity contribution is 5.22. The topological polar surface area (TPSA) is 98.0 Å². The summed E-state index contributed by atoms with van der Waals surface area (Å²) in [6.45, 7) is 7.26. The van der Waals surface area contributed by atoms with Crippen LogP contribution in [-0.2, 0) is 33.1 Å². The summed E-state index contributed by atoms with van der Waals surface area (Å²) in [5, 5.41) is 23.4. The van der Waals surface area contributed by atoms with E-state index in [4.69, 9.17) is 4.52 Å².